The second-order valence-corrected chi connectivity index (χ2v) is 7.14. The molecule has 0 bridgehead atoms. The van der Waals surface area contributed by atoms with Crippen molar-refractivity contribution >= 4 is 47.4 Å². The maximum Gasteiger partial charge on any atom is 0.223 e. The molecule has 1 amide bonds. The van der Waals surface area contributed by atoms with Crippen LogP contribution in [0.4, 0.5) is 0 Å². The molecule has 1 aromatic carbocycles. The highest BCUT2D eigenvalue weighted by Gasteiger charge is 2.44. The zero-order valence-corrected chi connectivity index (χ0v) is 17.6. The fraction of sp³-hybridized carbons (Fsp3) is 0.556. The molecule has 2 aliphatic carbocycles. The van der Waals surface area contributed by atoms with Crippen LogP contribution in [0.3, 0.4) is 0 Å². The topological polar surface area (TPSA) is 65.5 Å². The zero-order valence-electron chi connectivity index (χ0n) is 14.5. The lowest BCUT2D eigenvalue weighted by Crippen LogP contribution is -2.44. The summed E-state index contributed by atoms with van der Waals surface area (Å²) in [4.78, 5) is 15.8. The highest BCUT2D eigenvalue weighted by molar-refractivity contribution is 14.0. The largest absolute Gasteiger partial charge is 0.356 e. The monoisotopic (exact) mass is 476 g/mol. The van der Waals surface area contributed by atoms with Gasteiger partial charge in [0, 0.05) is 43.0 Å². The van der Waals surface area contributed by atoms with Gasteiger partial charge < -0.3 is 16.0 Å². The minimum atomic E-state index is 0. The first-order chi connectivity index (χ1) is 11.6. The molecule has 25 heavy (non-hydrogen) atoms. The second-order valence-electron chi connectivity index (χ2n) is 6.71. The van der Waals surface area contributed by atoms with Crippen molar-refractivity contribution in [3.63, 3.8) is 0 Å². The van der Waals surface area contributed by atoms with E-state index < -0.39 is 0 Å². The van der Waals surface area contributed by atoms with Gasteiger partial charge in [-0.15, -0.1) is 24.0 Å². The van der Waals surface area contributed by atoms with Gasteiger partial charge in [-0.05, 0) is 43.4 Å². The van der Waals surface area contributed by atoms with Crippen molar-refractivity contribution in [2.75, 3.05) is 26.7 Å². The molecule has 5 nitrogen and oxygen atoms in total. The lowest BCUT2D eigenvalue weighted by Gasteiger charge is -2.19. The zero-order chi connectivity index (χ0) is 17.0. The Kier molecular flexibility index (Phi) is 7.37. The van der Waals surface area contributed by atoms with E-state index in [9.17, 15) is 4.79 Å². The maximum atomic E-state index is 11.6. The molecule has 0 unspecified atom stereocenters. The van der Waals surface area contributed by atoms with Gasteiger partial charge >= 0.3 is 0 Å². The van der Waals surface area contributed by atoms with E-state index in [1.807, 2.05) is 12.1 Å². The number of benzene rings is 1. The summed E-state index contributed by atoms with van der Waals surface area (Å²) in [5.41, 5.74) is 1.46. The number of aliphatic imine (C=N–C) groups is 1. The quantitative estimate of drug-likeness (QED) is 0.245. The molecule has 3 rings (SSSR count). The first-order valence-electron chi connectivity index (χ1n) is 8.61. The number of halogens is 2. The van der Waals surface area contributed by atoms with Crippen LogP contribution < -0.4 is 16.0 Å². The van der Waals surface area contributed by atoms with Gasteiger partial charge in [-0.1, -0.05) is 23.7 Å². The van der Waals surface area contributed by atoms with Gasteiger partial charge in [-0.3, -0.25) is 9.79 Å². The van der Waals surface area contributed by atoms with Crippen molar-refractivity contribution in [1.29, 1.82) is 0 Å². The van der Waals surface area contributed by atoms with Crippen LogP contribution in [0, 0.1) is 5.92 Å². The van der Waals surface area contributed by atoms with E-state index in [1.54, 1.807) is 7.05 Å². The van der Waals surface area contributed by atoms with Crippen LogP contribution in [0.15, 0.2) is 29.3 Å². The highest BCUT2D eigenvalue weighted by atomic mass is 127. The lowest BCUT2D eigenvalue weighted by molar-refractivity contribution is -0.122. The van der Waals surface area contributed by atoms with Crippen molar-refractivity contribution in [2.45, 2.75) is 31.1 Å². The number of hydrogen-bond donors (Lipinski definition) is 3. The Morgan fingerprint density at radius 1 is 1.24 bits per heavy atom. The molecule has 2 saturated carbocycles. The van der Waals surface area contributed by atoms with Crippen LogP contribution in [-0.4, -0.2) is 38.5 Å². The molecule has 0 spiro atoms. The summed E-state index contributed by atoms with van der Waals surface area (Å²) >= 11 is 6.11. The van der Waals surface area contributed by atoms with Gasteiger partial charge in [-0.25, -0.2) is 0 Å². The Balaban J connectivity index is 0.00000225. The van der Waals surface area contributed by atoms with Gasteiger partial charge in [0.15, 0.2) is 5.96 Å². The van der Waals surface area contributed by atoms with E-state index in [2.05, 4.69) is 33.1 Å². The van der Waals surface area contributed by atoms with Crippen molar-refractivity contribution in [2.24, 2.45) is 10.9 Å². The molecule has 2 aliphatic rings. The summed E-state index contributed by atoms with van der Waals surface area (Å²) in [7, 11) is 1.76. The molecule has 0 atom stereocenters. The number of hydrogen-bond acceptors (Lipinski definition) is 2. The van der Waals surface area contributed by atoms with Crippen LogP contribution in [0.2, 0.25) is 5.02 Å². The third kappa shape index (κ3) is 5.74. The fourth-order valence-corrected chi connectivity index (χ4v) is 3.06. The standard InChI is InChI=1S/C18H25ClN4O.HI/c1-20-17(22-10-9-21-16(24)13-5-6-13)23-12-18(7-8-18)14-3-2-4-15(19)11-14;/h2-4,11,13H,5-10,12H2,1H3,(H,21,24)(H2,20,22,23);1H. The van der Waals surface area contributed by atoms with Crippen LogP contribution in [-0.2, 0) is 10.2 Å². The molecule has 2 fully saturated rings. The smallest absolute Gasteiger partial charge is 0.223 e. The number of rotatable bonds is 7. The van der Waals surface area contributed by atoms with Crippen molar-refractivity contribution in [3.05, 3.63) is 34.9 Å². The van der Waals surface area contributed by atoms with Crippen LogP contribution in [0.5, 0.6) is 0 Å². The molecule has 0 radical (unpaired) electrons. The summed E-state index contributed by atoms with van der Waals surface area (Å²) in [5.74, 6) is 1.21. The number of carbonyl (C=O) groups is 1. The van der Waals surface area contributed by atoms with E-state index in [0.717, 1.165) is 43.2 Å². The van der Waals surface area contributed by atoms with E-state index in [0.29, 0.717) is 13.1 Å². The molecular formula is C18H26ClIN4O. The minimum absolute atomic E-state index is 0. The van der Waals surface area contributed by atoms with Crippen LogP contribution in [0.25, 0.3) is 0 Å². The number of nitrogens with zero attached hydrogens (tertiary/aromatic N) is 1. The summed E-state index contributed by atoms with van der Waals surface area (Å²) < 4.78 is 0. The normalized spacial score (nSPS) is 18.1. The first kappa shape index (κ1) is 20.3. The van der Waals surface area contributed by atoms with E-state index in [1.165, 1.54) is 5.56 Å². The van der Waals surface area contributed by atoms with Gasteiger partial charge in [0.1, 0.15) is 0 Å². The summed E-state index contributed by atoms with van der Waals surface area (Å²) in [6.07, 6.45) is 4.39. The molecule has 1 aromatic rings. The van der Waals surface area contributed by atoms with Crippen molar-refractivity contribution < 1.29 is 4.79 Å². The van der Waals surface area contributed by atoms with Crippen molar-refractivity contribution in [1.82, 2.24) is 16.0 Å². The van der Waals surface area contributed by atoms with Crippen molar-refractivity contribution in [3.8, 4) is 0 Å². The second kappa shape index (κ2) is 9.07. The van der Waals surface area contributed by atoms with Gasteiger partial charge in [0.05, 0.1) is 0 Å². The van der Waals surface area contributed by atoms with Gasteiger partial charge in [0.25, 0.3) is 0 Å². The molecule has 7 heteroatoms. The Bertz CT molecular complexity index is 629. The summed E-state index contributed by atoms with van der Waals surface area (Å²) in [6, 6.07) is 8.11. The lowest BCUT2D eigenvalue weighted by atomic mass is 9.96. The third-order valence-electron chi connectivity index (χ3n) is 4.77. The average molecular weight is 477 g/mol. The van der Waals surface area contributed by atoms with Crippen LogP contribution in [0.1, 0.15) is 31.2 Å². The Morgan fingerprint density at radius 2 is 1.96 bits per heavy atom. The Labute approximate surface area is 171 Å². The fourth-order valence-electron chi connectivity index (χ4n) is 2.87. The number of amides is 1. The predicted molar refractivity (Wildman–Crippen MR) is 113 cm³/mol. The Morgan fingerprint density at radius 3 is 2.56 bits per heavy atom. The molecule has 3 N–H and O–H groups in total. The predicted octanol–water partition coefficient (Wildman–Crippen LogP) is 2.68. The third-order valence-corrected chi connectivity index (χ3v) is 5.01. The number of nitrogens with one attached hydrogen (secondary N) is 3. The van der Waals surface area contributed by atoms with E-state index in [-0.39, 0.29) is 41.2 Å². The van der Waals surface area contributed by atoms with Gasteiger partial charge in [0.2, 0.25) is 5.91 Å². The van der Waals surface area contributed by atoms with Gasteiger partial charge in [-0.2, -0.15) is 0 Å². The molecule has 0 heterocycles. The van der Waals surface area contributed by atoms with E-state index in [4.69, 9.17) is 11.6 Å². The SMILES string of the molecule is CN=C(NCCNC(=O)C1CC1)NCC1(c2cccc(Cl)c2)CC1.I. The average Bonchev–Trinajstić information content (AvgIpc) is 3.48. The number of guanidine groups is 1. The molecule has 0 aromatic heterocycles. The highest BCUT2D eigenvalue weighted by Crippen LogP contribution is 2.48. The Hall–Kier alpha value is -1.02. The first-order valence-corrected chi connectivity index (χ1v) is 8.99. The number of carbonyl (C=O) groups excluding carboxylic acids is 1. The summed E-state index contributed by atoms with van der Waals surface area (Å²) in [5, 5.41) is 10.4. The summed E-state index contributed by atoms with van der Waals surface area (Å²) in [6.45, 7) is 2.12. The minimum Gasteiger partial charge on any atom is -0.356 e. The molecule has 0 aliphatic heterocycles. The maximum absolute atomic E-state index is 11.6. The van der Waals surface area contributed by atoms with Crippen LogP contribution >= 0.6 is 35.6 Å². The molecule has 138 valence electrons. The van der Waals surface area contributed by atoms with E-state index >= 15 is 0 Å². The molecule has 0 saturated heterocycles. The molecular weight excluding hydrogens is 451 g/mol.